The van der Waals surface area contributed by atoms with Gasteiger partial charge in [0.05, 0.1) is 18.2 Å². The zero-order valence-corrected chi connectivity index (χ0v) is 11.5. The molecular weight excluding hydrogens is 257 g/mol. The summed E-state index contributed by atoms with van der Waals surface area (Å²) < 4.78 is 21.5. The van der Waals surface area contributed by atoms with Crippen molar-refractivity contribution >= 4 is 0 Å². The summed E-state index contributed by atoms with van der Waals surface area (Å²) >= 11 is 0. The maximum atomic E-state index is 13.9. The molecule has 0 atom stereocenters. The summed E-state index contributed by atoms with van der Waals surface area (Å²) in [6, 6.07) is 5.63. The maximum absolute atomic E-state index is 13.9. The van der Waals surface area contributed by atoms with Crippen LogP contribution in [0, 0.1) is 5.82 Å². The highest BCUT2D eigenvalue weighted by Crippen LogP contribution is 2.25. The Morgan fingerprint density at radius 1 is 1.45 bits per heavy atom. The minimum absolute atomic E-state index is 0.313. The highest BCUT2D eigenvalue weighted by Gasteiger charge is 2.21. The highest BCUT2D eigenvalue weighted by molar-refractivity contribution is 5.35. The first kappa shape index (κ1) is 13.1. The van der Waals surface area contributed by atoms with Crippen LogP contribution in [0.5, 0.6) is 5.75 Å². The number of hydrogen-bond donors (Lipinski definition) is 1. The molecule has 3 rings (SSSR count). The molecule has 0 unspecified atom stereocenters. The minimum Gasteiger partial charge on any atom is -0.484 e. The molecule has 1 aliphatic carbocycles. The monoisotopic (exact) mass is 275 g/mol. The molecule has 1 aromatic heterocycles. The topological polar surface area (TPSA) is 39.1 Å². The van der Waals surface area contributed by atoms with E-state index in [0.717, 1.165) is 11.3 Å². The molecule has 20 heavy (non-hydrogen) atoms. The van der Waals surface area contributed by atoms with Gasteiger partial charge >= 0.3 is 0 Å². The average molecular weight is 275 g/mol. The normalized spacial score (nSPS) is 14.5. The number of aromatic nitrogens is 2. The van der Waals surface area contributed by atoms with Crippen LogP contribution in [0.4, 0.5) is 4.39 Å². The van der Waals surface area contributed by atoms with Crippen LogP contribution in [0.25, 0.3) is 0 Å². The summed E-state index contributed by atoms with van der Waals surface area (Å²) in [6.45, 7) is 0.955. The van der Waals surface area contributed by atoms with Crippen molar-refractivity contribution in [1.82, 2.24) is 14.9 Å². The number of para-hydroxylation sites is 1. The summed E-state index contributed by atoms with van der Waals surface area (Å²) in [5.41, 5.74) is 1.77. The van der Waals surface area contributed by atoms with Gasteiger partial charge in [0.25, 0.3) is 0 Å². The lowest BCUT2D eigenvalue weighted by atomic mass is 10.2. The Labute approximate surface area is 117 Å². The summed E-state index contributed by atoms with van der Waals surface area (Å²) in [5.74, 6) is 0.0177. The molecule has 2 aromatic rings. The van der Waals surface area contributed by atoms with E-state index in [0.29, 0.717) is 24.9 Å². The Morgan fingerprint density at radius 2 is 2.30 bits per heavy atom. The molecule has 1 aliphatic rings. The molecule has 1 fully saturated rings. The van der Waals surface area contributed by atoms with E-state index in [4.69, 9.17) is 4.74 Å². The van der Waals surface area contributed by atoms with E-state index in [9.17, 15) is 4.39 Å². The molecule has 106 valence electrons. The molecule has 4 nitrogen and oxygen atoms in total. The first-order valence-corrected chi connectivity index (χ1v) is 6.83. The molecular formula is C15H18FN3O. The molecule has 1 saturated carbocycles. The van der Waals surface area contributed by atoms with Gasteiger partial charge in [-0.3, -0.25) is 0 Å². The second-order valence-corrected chi connectivity index (χ2v) is 5.17. The van der Waals surface area contributed by atoms with Crippen molar-refractivity contribution in [3.8, 4) is 5.75 Å². The summed E-state index contributed by atoms with van der Waals surface area (Å²) in [4.78, 5) is 4.02. The van der Waals surface area contributed by atoms with E-state index < -0.39 is 0 Å². The molecule has 0 bridgehead atoms. The quantitative estimate of drug-likeness (QED) is 0.880. The Kier molecular flexibility index (Phi) is 3.69. The van der Waals surface area contributed by atoms with Crippen molar-refractivity contribution in [3.63, 3.8) is 0 Å². The van der Waals surface area contributed by atoms with Gasteiger partial charge in [-0.2, -0.15) is 0 Å². The smallest absolute Gasteiger partial charge is 0.165 e. The molecule has 0 amide bonds. The third-order valence-electron chi connectivity index (χ3n) is 3.49. The van der Waals surface area contributed by atoms with Crippen LogP contribution in [-0.4, -0.2) is 15.6 Å². The zero-order chi connectivity index (χ0) is 13.9. The average Bonchev–Trinajstić information content (AvgIpc) is 3.18. The van der Waals surface area contributed by atoms with E-state index in [-0.39, 0.29) is 5.82 Å². The number of imidazole rings is 1. The Bertz CT molecular complexity index is 593. The standard InChI is InChI=1S/C15H18FN3O/c1-19-10-17-8-13(19)9-20-15-11(3-2-4-14(15)16)7-18-12-5-6-12/h2-4,8,10,12,18H,5-7,9H2,1H3. The molecule has 0 radical (unpaired) electrons. The Morgan fingerprint density at radius 3 is 3.00 bits per heavy atom. The third-order valence-corrected chi connectivity index (χ3v) is 3.49. The van der Waals surface area contributed by atoms with E-state index in [1.165, 1.54) is 18.9 Å². The number of ether oxygens (including phenoxy) is 1. The molecule has 1 heterocycles. The predicted octanol–water partition coefficient (Wildman–Crippen LogP) is 2.39. The maximum Gasteiger partial charge on any atom is 0.165 e. The van der Waals surface area contributed by atoms with Crippen molar-refractivity contribution in [1.29, 1.82) is 0 Å². The van der Waals surface area contributed by atoms with Gasteiger partial charge in [0, 0.05) is 25.2 Å². The Balaban J connectivity index is 1.71. The minimum atomic E-state index is -0.317. The van der Waals surface area contributed by atoms with E-state index in [2.05, 4.69) is 10.3 Å². The van der Waals surface area contributed by atoms with Crippen molar-refractivity contribution in [2.75, 3.05) is 0 Å². The SMILES string of the molecule is Cn1cncc1COc1c(F)cccc1CNC1CC1. The second kappa shape index (κ2) is 5.63. The number of rotatable bonds is 6. The van der Waals surface area contributed by atoms with E-state index >= 15 is 0 Å². The summed E-state index contributed by atoms with van der Waals surface area (Å²) in [6.07, 6.45) is 5.85. The second-order valence-electron chi connectivity index (χ2n) is 5.17. The fourth-order valence-electron chi connectivity index (χ4n) is 2.07. The van der Waals surface area contributed by atoms with Crippen LogP contribution in [0.3, 0.4) is 0 Å². The Hall–Kier alpha value is -1.88. The van der Waals surface area contributed by atoms with Gasteiger partial charge in [0.15, 0.2) is 11.6 Å². The highest BCUT2D eigenvalue weighted by atomic mass is 19.1. The third kappa shape index (κ3) is 2.99. The molecule has 0 aliphatic heterocycles. The van der Waals surface area contributed by atoms with Gasteiger partial charge in [-0.25, -0.2) is 9.37 Å². The van der Waals surface area contributed by atoms with Crippen molar-refractivity contribution in [2.45, 2.75) is 32.0 Å². The summed E-state index contributed by atoms with van der Waals surface area (Å²) in [7, 11) is 1.89. The van der Waals surface area contributed by atoms with E-state index in [1.807, 2.05) is 17.7 Å². The van der Waals surface area contributed by atoms with Gasteiger partial charge in [-0.1, -0.05) is 12.1 Å². The number of nitrogens with one attached hydrogen (secondary N) is 1. The van der Waals surface area contributed by atoms with Crippen molar-refractivity contribution in [2.24, 2.45) is 7.05 Å². The number of hydrogen-bond acceptors (Lipinski definition) is 3. The first-order valence-electron chi connectivity index (χ1n) is 6.83. The summed E-state index contributed by atoms with van der Waals surface area (Å²) in [5, 5.41) is 3.38. The zero-order valence-electron chi connectivity index (χ0n) is 11.5. The van der Waals surface area contributed by atoms with Crippen LogP contribution in [-0.2, 0) is 20.2 Å². The largest absolute Gasteiger partial charge is 0.484 e. The lowest BCUT2D eigenvalue weighted by Crippen LogP contribution is -2.16. The van der Waals surface area contributed by atoms with Crippen LogP contribution in [0.1, 0.15) is 24.1 Å². The van der Waals surface area contributed by atoms with Crippen molar-refractivity contribution < 1.29 is 9.13 Å². The lowest BCUT2D eigenvalue weighted by Gasteiger charge is -2.13. The van der Waals surface area contributed by atoms with Gasteiger partial charge in [-0.15, -0.1) is 0 Å². The van der Waals surface area contributed by atoms with Crippen LogP contribution in [0.2, 0.25) is 0 Å². The van der Waals surface area contributed by atoms with Crippen molar-refractivity contribution in [3.05, 3.63) is 47.8 Å². The van der Waals surface area contributed by atoms with Gasteiger partial charge in [0.1, 0.15) is 6.61 Å². The van der Waals surface area contributed by atoms with Crippen LogP contribution >= 0.6 is 0 Å². The van der Waals surface area contributed by atoms with Gasteiger partial charge in [0.2, 0.25) is 0 Å². The van der Waals surface area contributed by atoms with E-state index in [1.54, 1.807) is 18.6 Å². The molecule has 0 spiro atoms. The number of aryl methyl sites for hydroxylation is 1. The fraction of sp³-hybridized carbons (Fsp3) is 0.400. The number of halogens is 1. The van der Waals surface area contributed by atoms with Crippen LogP contribution in [0.15, 0.2) is 30.7 Å². The first-order chi connectivity index (χ1) is 9.74. The number of benzene rings is 1. The molecule has 1 N–H and O–H groups in total. The molecule has 1 aromatic carbocycles. The molecule has 5 heteroatoms. The molecule has 0 saturated heterocycles. The fourth-order valence-corrected chi connectivity index (χ4v) is 2.07. The van der Waals surface area contributed by atoms with Gasteiger partial charge < -0.3 is 14.6 Å². The lowest BCUT2D eigenvalue weighted by molar-refractivity contribution is 0.278. The predicted molar refractivity (Wildman–Crippen MR) is 73.8 cm³/mol. The number of nitrogens with zero attached hydrogens (tertiary/aromatic N) is 2. The van der Waals surface area contributed by atoms with Gasteiger partial charge in [-0.05, 0) is 18.9 Å². The van der Waals surface area contributed by atoms with Crippen LogP contribution < -0.4 is 10.1 Å².